The van der Waals surface area contributed by atoms with Crippen molar-refractivity contribution in [2.45, 2.75) is 38.8 Å². The fourth-order valence-electron chi connectivity index (χ4n) is 2.80. The summed E-state index contributed by atoms with van der Waals surface area (Å²) >= 11 is 0. The van der Waals surface area contributed by atoms with E-state index in [9.17, 15) is 9.90 Å². The molecule has 1 aliphatic rings. The minimum atomic E-state index is -0.916. The summed E-state index contributed by atoms with van der Waals surface area (Å²) in [4.78, 5) is 13.7. The van der Waals surface area contributed by atoms with Crippen LogP contribution in [0.1, 0.15) is 26.3 Å². The van der Waals surface area contributed by atoms with Gasteiger partial charge in [-0.1, -0.05) is 25.1 Å². The van der Waals surface area contributed by atoms with Crippen molar-refractivity contribution in [2.75, 3.05) is 18.0 Å². The minimum Gasteiger partial charge on any atom is -0.480 e. The summed E-state index contributed by atoms with van der Waals surface area (Å²) in [7, 11) is 0. The molecule has 1 aliphatic heterocycles. The van der Waals surface area contributed by atoms with Crippen LogP contribution in [0.4, 0.5) is 5.69 Å². The predicted octanol–water partition coefficient (Wildman–Crippen LogP) is 1.89. The number of rotatable bonds is 5. The molecule has 2 atom stereocenters. The fourth-order valence-corrected chi connectivity index (χ4v) is 2.80. The first kappa shape index (κ1) is 13.9. The van der Waals surface area contributed by atoms with E-state index < -0.39 is 11.5 Å². The molecule has 2 N–H and O–H groups in total. The maximum Gasteiger partial charge on any atom is 0.325 e. The lowest BCUT2D eigenvalue weighted by Crippen LogP contribution is -2.57. The molecule has 1 aromatic rings. The standard InChI is InChI=1S/C15H22N2O2/c1-4-16-15(3,14(18)19)10-17-11(2)9-12-7-5-6-8-13(12)17/h5-8,11,16H,4,9-10H2,1-3H3,(H,18,19). The summed E-state index contributed by atoms with van der Waals surface area (Å²) in [6.07, 6.45) is 0.984. The minimum absolute atomic E-state index is 0.342. The molecular weight excluding hydrogens is 240 g/mol. The molecule has 4 nitrogen and oxygen atoms in total. The van der Waals surface area contributed by atoms with Crippen molar-refractivity contribution < 1.29 is 9.90 Å². The number of carbonyl (C=O) groups is 1. The van der Waals surface area contributed by atoms with Crippen molar-refractivity contribution in [1.29, 1.82) is 0 Å². The van der Waals surface area contributed by atoms with Crippen LogP contribution in [0.2, 0.25) is 0 Å². The van der Waals surface area contributed by atoms with Gasteiger partial charge in [0.15, 0.2) is 0 Å². The number of anilines is 1. The van der Waals surface area contributed by atoms with Crippen LogP contribution in [-0.2, 0) is 11.2 Å². The summed E-state index contributed by atoms with van der Waals surface area (Å²) < 4.78 is 0. The molecule has 0 amide bonds. The van der Waals surface area contributed by atoms with E-state index in [1.165, 1.54) is 11.3 Å². The zero-order valence-corrected chi connectivity index (χ0v) is 11.8. The number of hydrogen-bond donors (Lipinski definition) is 2. The lowest BCUT2D eigenvalue weighted by Gasteiger charge is -2.34. The van der Waals surface area contributed by atoms with Gasteiger partial charge < -0.3 is 15.3 Å². The van der Waals surface area contributed by atoms with Crippen LogP contribution < -0.4 is 10.2 Å². The van der Waals surface area contributed by atoms with Gasteiger partial charge >= 0.3 is 5.97 Å². The van der Waals surface area contributed by atoms with Gasteiger partial charge in [-0.05, 0) is 38.4 Å². The maximum atomic E-state index is 11.5. The molecule has 0 aliphatic carbocycles. The summed E-state index contributed by atoms with van der Waals surface area (Å²) in [6.45, 7) is 6.96. The van der Waals surface area contributed by atoms with E-state index in [-0.39, 0.29) is 0 Å². The highest BCUT2D eigenvalue weighted by molar-refractivity contribution is 5.79. The van der Waals surface area contributed by atoms with E-state index in [2.05, 4.69) is 29.3 Å². The molecule has 0 radical (unpaired) electrons. The zero-order valence-electron chi connectivity index (χ0n) is 11.8. The SMILES string of the molecule is CCNC(C)(CN1c2ccccc2CC1C)C(=O)O. The van der Waals surface area contributed by atoms with Crippen molar-refractivity contribution in [2.24, 2.45) is 0 Å². The number of aliphatic carboxylic acids is 1. The Balaban J connectivity index is 2.25. The van der Waals surface area contributed by atoms with E-state index in [1.54, 1.807) is 6.92 Å². The second-order valence-electron chi connectivity index (χ2n) is 5.48. The molecule has 0 saturated heterocycles. The van der Waals surface area contributed by atoms with Crippen molar-refractivity contribution in [3.63, 3.8) is 0 Å². The monoisotopic (exact) mass is 262 g/mol. The quantitative estimate of drug-likeness (QED) is 0.851. The fraction of sp³-hybridized carbons (Fsp3) is 0.533. The molecule has 0 fully saturated rings. The van der Waals surface area contributed by atoms with E-state index in [4.69, 9.17) is 0 Å². The Morgan fingerprint density at radius 3 is 2.84 bits per heavy atom. The number of para-hydroxylation sites is 1. The molecule has 1 heterocycles. The van der Waals surface area contributed by atoms with Crippen LogP contribution in [0.5, 0.6) is 0 Å². The van der Waals surface area contributed by atoms with Crippen LogP contribution in [-0.4, -0.2) is 35.7 Å². The summed E-state index contributed by atoms with van der Waals surface area (Å²) in [5.41, 5.74) is 1.56. The number of nitrogens with one attached hydrogen (secondary N) is 1. The summed E-state index contributed by atoms with van der Waals surface area (Å²) in [5.74, 6) is -0.800. The molecular formula is C15H22N2O2. The average Bonchev–Trinajstić information content (AvgIpc) is 2.66. The number of likely N-dealkylation sites (N-methyl/N-ethyl adjacent to an activating group) is 1. The molecule has 0 saturated carbocycles. The molecule has 0 bridgehead atoms. The molecule has 2 unspecified atom stereocenters. The first-order valence-corrected chi connectivity index (χ1v) is 6.81. The Kier molecular flexibility index (Phi) is 3.80. The highest BCUT2D eigenvalue weighted by atomic mass is 16.4. The first-order valence-electron chi connectivity index (χ1n) is 6.81. The Morgan fingerprint density at radius 1 is 1.53 bits per heavy atom. The number of carboxylic acids is 1. The van der Waals surface area contributed by atoms with Crippen LogP contribution in [0, 0.1) is 0 Å². The van der Waals surface area contributed by atoms with Crippen LogP contribution in [0.3, 0.4) is 0 Å². The van der Waals surface area contributed by atoms with Crippen molar-refractivity contribution in [3.8, 4) is 0 Å². The van der Waals surface area contributed by atoms with Crippen LogP contribution in [0.25, 0.3) is 0 Å². The normalized spacial score (nSPS) is 21.0. The Hall–Kier alpha value is -1.55. The third kappa shape index (κ3) is 2.59. The maximum absolute atomic E-state index is 11.5. The van der Waals surface area contributed by atoms with Gasteiger partial charge in [-0.15, -0.1) is 0 Å². The van der Waals surface area contributed by atoms with E-state index in [1.807, 2.05) is 19.1 Å². The predicted molar refractivity (Wildman–Crippen MR) is 76.7 cm³/mol. The molecule has 0 aromatic heterocycles. The molecule has 104 valence electrons. The van der Waals surface area contributed by atoms with Crippen LogP contribution in [0.15, 0.2) is 24.3 Å². The molecule has 19 heavy (non-hydrogen) atoms. The molecule has 4 heteroatoms. The van der Waals surface area contributed by atoms with Crippen molar-refractivity contribution in [3.05, 3.63) is 29.8 Å². The van der Waals surface area contributed by atoms with E-state index in [0.29, 0.717) is 19.1 Å². The number of nitrogens with zero attached hydrogens (tertiary/aromatic N) is 1. The van der Waals surface area contributed by atoms with Gasteiger partial charge in [0, 0.05) is 18.3 Å². The smallest absolute Gasteiger partial charge is 0.325 e. The highest BCUT2D eigenvalue weighted by Gasteiger charge is 2.38. The number of hydrogen-bond acceptors (Lipinski definition) is 3. The number of benzene rings is 1. The Bertz CT molecular complexity index is 475. The van der Waals surface area contributed by atoms with Gasteiger partial charge in [0.05, 0.1) is 0 Å². The van der Waals surface area contributed by atoms with Gasteiger partial charge in [0.2, 0.25) is 0 Å². The van der Waals surface area contributed by atoms with Crippen LogP contribution >= 0.6 is 0 Å². The average molecular weight is 262 g/mol. The number of fused-ring (bicyclic) bond motifs is 1. The molecule has 0 spiro atoms. The summed E-state index contributed by atoms with van der Waals surface area (Å²) in [6, 6.07) is 8.59. The lowest BCUT2D eigenvalue weighted by atomic mass is 10.0. The van der Waals surface area contributed by atoms with Gasteiger partial charge in [0.25, 0.3) is 0 Å². The van der Waals surface area contributed by atoms with E-state index in [0.717, 1.165) is 6.42 Å². The molecule has 2 rings (SSSR count). The lowest BCUT2D eigenvalue weighted by molar-refractivity contribution is -0.143. The Labute approximate surface area is 114 Å². The van der Waals surface area contributed by atoms with Gasteiger partial charge in [0.1, 0.15) is 5.54 Å². The van der Waals surface area contributed by atoms with Gasteiger partial charge in [-0.25, -0.2) is 0 Å². The van der Waals surface area contributed by atoms with Crippen molar-refractivity contribution >= 4 is 11.7 Å². The largest absolute Gasteiger partial charge is 0.480 e. The zero-order chi connectivity index (χ0) is 14.0. The topological polar surface area (TPSA) is 52.6 Å². The third-order valence-corrected chi connectivity index (χ3v) is 3.87. The van der Waals surface area contributed by atoms with E-state index >= 15 is 0 Å². The Morgan fingerprint density at radius 2 is 2.21 bits per heavy atom. The number of carboxylic acid groups (broad SMARTS) is 1. The third-order valence-electron chi connectivity index (χ3n) is 3.87. The second-order valence-corrected chi connectivity index (χ2v) is 5.48. The van der Waals surface area contributed by atoms with Crippen molar-refractivity contribution in [1.82, 2.24) is 5.32 Å². The second kappa shape index (κ2) is 5.21. The first-order chi connectivity index (χ1) is 8.98. The van der Waals surface area contributed by atoms with Gasteiger partial charge in [-0.3, -0.25) is 4.79 Å². The van der Waals surface area contributed by atoms with Gasteiger partial charge in [-0.2, -0.15) is 0 Å². The summed E-state index contributed by atoms with van der Waals surface area (Å²) in [5, 5.41) is 12.6. The molecule has 1 aromatic carbocycles. The highest BCUT2D eigenvalue weighted by Crippen LogP contribution is 2.32.